The number of aliphatic hydroxyl groups is 2. The molecule has 1 heterocycles. The van der Waals surface area contributed by atoms with Gasteiger partial charge in [-0.05, 0) is 13.8 Å². The molecule has 0 amide bonds. The third kappa shape index (κ3) is 3.13. The molecule has 1 rings (SSSR count). The maximum Gasteiger partial charge on any atom is 0.164 e. The molecule has 0 aromatic heterocycles. The zero-order valence-electron chi connectivity index (χ0n) is 9.08. The monoisotopic (exact) mass is 219 g/mol. The maximum atomic E-state index is 9.50. The van der Waals surface area contributed by atoms with Gasteiger partial charge in [-0.3, -0.25) is 0 Å². The minimum atomic E-state index is -1.000. The van der Waals surface area contributed by atoms with Crippen molar-refractivity contribution in [3.63, 3.8) is 0 Å². The van der Waals surface area contributed by atoms with Gasteiger partial charge in [-0.15, -0.1) is 0 Å². The van der Waals surface area contributed by atoms with E-state index >= 15 is 0 Å². The highest BCUT2D eigenvalue weighted by molar-refractivity contribution is 5.64. The molecule has 0 aliphatic carbocycles. The van der Waals surface area contributed by atoms with E-state index in [1.807, 2.05) is 0 Å². The number of hydrogen-bond donors (Lipinski definition) is 2. The van der Waals surface area contributed by atoms with Gasteiger partial charge in [0.2, 0.25) is 0 Å². The molecule has 1 saturated heterocycles. The Bertz CT molecular complexity index is 231. The normalized spacial score (nSPS) is 32.1. The van der Waals surface area contributed by atoms with Gasteiger partial charge in [0.05, 0.1) is 12.8 Å². The molecule has 0 bridgehead atoms. The zero-order chi connectivity index (χ0) is 11.5. The minimum Gasteiger partial charge on any atom is -0.399 e. The molecule has 0 aromatic rings. The van der Waals surface area contributed by atoms with Gasteiger partial charge in [0.15, 0.2) is 5.79 Å². The topological polar surface area (TPSA) is 80.5 Å². The van der Waals surface area contributed by atoms with Gasteiger partial charge in [0, 0.05) is 0 Å². The van der Waals surface area contributed by atoms with Crippen LogP contribution in [-0.4, -0.2) is 54.2 Å². The van der Waals surface area contributed by atoms with Crippen LogP contribution in [0.5, 0.6) is 0 Å². The first-order chi connectivity index (χ1) is 7.00. The summed E-state index contributed by atoms with van der Waals surface area (Å²) in [5.41, 5.74) is 0. The van der Waals surface area contributed by atoms with Crippen molar-refractivity contribution in [2.75, 3.05) is 13.7 Å². The molecule has 1 fully saturated rings. The number of ether oxygens (including phenoxy) is 2. The largest absolute Gasteiger partial charge is 0.399 e. The van der Waals surface area contributed by atoms with E-state index in [1.165, 1.54) is 13.3 Å². The van der Waals surface area contributed by atoms with Gasteiger partial charge in [-0.1, -0.05) is 5.16 Å². The number of rotatable bonds is 4. The molecule has 0 saturated carbocycles. The Hall–Kier alpha value is -0.690. The lowest BCUT2D eigenvalue weighted by atomic mass is 10.1. The van der Waals surface area contributed by atoms with Crippen LogP contribution in [0.3, 0.4) is 0 Å². The van der Waals surface area contributed by atoms with E-state index in [4.69, 9.17) is 14.6 Å². The SMILES string of the molecule is CO/N=C/[C@H]1OC(C)(C)O[C@@H]1[C@H](O)CO. The van der Waals surface area contributed by atoms with Crippen LogP contribution in [0.4, 0.5) is 0 Å². The van der Waals surface area contributed by atoms with Gasteiger partial charge in [-0.2, -0.15) is 0 Å². The molecule has 6 heteroatoms. The Kier molecular flexibility index (Phi) is 4.04. The van der Waals surface area contributed by atoms with Crippen LogP contribution < -0.4 is 0 Å². The fraction of sp³-hybridized carbons (Fsp3) is 0.889. The van der Waals surface area contributed by atoms with E-state index < -0.39 is 24.1 Å². The number of oxime groups is 1. The van der Waals surface area contributed by atoms with Crippen molar-refractivity contribution >= 4 is 6.21 Å². The van der Waals surface area contributed by atoms with Crippen molar-refractivity contribution in [1.82, 2.24) is 0 Å². The number of nitrogens with zero attached hydrogens (tertiary/aromatic N) is 1. The lowest BCUT2D eigenvalue weighted by Crippen LogP contribution is -2.38. The standard InChI is InChI=1S/C9H17NO5/c1-9(2)14-7(4-10-13-3)8(15-9)6(12)5-11/h4,6-8,11-12H,5H2,1-3H3/b10-4+/t6-,7-,8-/m1/s1. The van der Waals surface area contributed by atoms with Gasteiger partial charge in [0.25, 0.3) is 0 Å². The van der Waals surface area contributed by atoms with Crippen LogP contribution in [-0.2, 0) is 14.3 Å². The number of hydrogen-bond acceptors (Lipinski definition) is 6. The molecule has 0 aromatic carbocycles. The van der Waals surface area contributed by atoms with Crippen LogP contribution >= 0.6 is 0 Å². The molecule has 2 N–H and O–H groups in total. The van der Waals surface area contributed by atoms with E-state index in [2.05, 4.69) is 9.99 Å². The molecular weight excluding hydrogens is 202 g/mol. The summed E-state index contributed by atoms with van der Waals surface area (Å²) in [6.07, 6.45) is -0.760. The molecule has 0 radical (unpaired) electrons. The summed E-state index contributed by atoms with van der Waals surface area (Å²) < 4.78 is 10.9. The van der Waals surface area contributed by atoms with E-state index in [-0.39, 0.29) is 6.61 Å². The molecule has 1 aliphatic heterocycles. The van der Waals surface area contributed by atoms with E-state index in [0.29, 0.717) is 0 Å². The highest BCUT2D eigenvalue weighted by Crippen LogP contribution is 2.29. The first-order valence-electron chi connectivity index (χ1n) is 4.71. The van der Waals surface area contributed by atoms with Gasteiger partial charge in [-0.25, -0.2) is 0 Å². The molecular formula is C9H17NO5. The minimum absolute atomic E-state index is 0.387. The predicted molar refractivity (Wildman–Crippen MR) is 52.4 cm³/mol. The third-order valence-electron chi connectivity index (χ3n) is 2.04. The van der Waals surface area contributed by atoms with E-state index in [1.54, 1.807) is 13.8 Å². The first kappa shape index (κ1) is 12.4. The maximum absolute atomic E-state index is 9.50. The summed E-state index contributed by atoms with van der Waals surface area (Å²) in [7, 11) is 1.41. The van der Waals surface area contributed by atoms with E-state index in [9.17, 15) is 5.11 Å². The lowest BCUT2D eigenvalue weighted by Gasteiger charge is -2.19. The van der Waals surface area contributed by atoms with Crippen LogP contribution in [0, 0.1) is 0 Å². The first-order valence-corrected chi connectivity index (χ1v) is 4.71. The summed E-state index contributed by atoms with van der Waals surface area (Å²) in [5, 5.41) is 21.9. The predicted octanol–water partition coefficient (Wildman–Crippen LogP) is -0.508. The summed E-state index contributed by atoms with van der Waals surface area (Å²) in [6, 6.07) is 0. The fourth-order valence-electron chi connectivity index (χ4n) is 1.45. The van der Waals surface area contributed by atoms with Crippen LogP contribution in [0.1, 0.15) is 13.8 Å². The summed E-state index contributed by atoms with van der Waals surface area (Å²) in [4.78, 5) is 4.52. The Morgan fingerprint density at radius 1 is 1.53 bits per heavy atom. The van der Waals surface area contributed by atoms with Crippen LogP contribution in [0.15, 0.2) is 5.16 Å². The second-order valence-electron chi connectivity index (χ2n) is 3.75. The van der Waals surface area contributed by atoms with Gasteiger partial charge >= 0.3 is 0 Å². The van der Waals surface area contributed by atoms with Crippen LogP contribution in [0.25, 0.3) is 0 Å². The van der Waals surface area contributed by atoms with Crippen molar-refractivity contribution in [3.8, 4) is 0 Å². The highest BCUT2D eigenvalue weighted by Gasteiger charge is 2.44. The Balaban J connectivity index is 2.70. The molecule has 6 nitrogen and oxygen atoms in total. The molecule has 0 spiro atoms. The van der Waals surface area contributed by atoms with Crippen molar-refractivity contribution in [1.29, 1.82) is 0 Å². The lowest BCUT2D eigenvalue weighted by molar-refractivity contribution is -0.155. The average Bonchev–Trinajstić information content (AvgIpc) is 2.49. The molecule has 3 atom stereocenters. The van der Waals surface area contributed by atoms with Crippen molar-refractivity contribution in [2.24, 2.45) is 5.16 Å². The van der Waals surface area contributed by atoms with Crippen LogP contribution in [0.2, 0.25) is 0 Å². The molecule has 1 aliphatic rings. The molecule has 0 unspecified atom stereocenters. The average molecular weight is 219 g/mol. The highest BCUT2D eigenvalue weighted by atomic mass is 16.8. The summed E-state index contributed by atoms with van der Waals surface area (Å²) in [6.45, 7) is 3.07. The Morgan fingerprint density at radius 2 is 2.20 bits per heavy atom. The molecule has 15 heavy (non-hydrogen) atoms. The van der Waals surface area contributed by atoms with Crippen molar-refractivity contribution in [3.05, 3.63) is 0 Å². The Morgan fingerprint density at radius 3 is 2.73 bits per heavy atom. The summed E-state index contributed by atoms with van der Waals surface area (Å²) in [5.74, 6) is -0.800. The molecule has 88 valence electrons. The second-order valence-corrected chi connectivity index (χ2v) is 3.75. The summed E-state index contributed by atoms with van der Waals surface area (Å²) >= 11 is 0. The smallest absolute Gasteiger partial charge is 0.164 e. The van der Waals surface area contributed by atoms with Gasteiger partial charge in [0.1, 0.15) is 25.4 Å². The quantitative estimate of drug-likeness (QED) is 0.492. The zero-order valence-corrected chi connectivity index (χ0v) is 9.08. The number of aliphatic hydroxyl groups excluding tert-OH is 2. The van der Waals surface area contributed by atoms with E-state index in [0.717, 1.165) is 0 Å². The van der Waals surface area contributed by atoms with Gasteiger partial charge < -0.3 is 24.5 Å². The third-order valence-corrected chi connectivity index (χ3v) is 2.04. The fourth-order valence-corrected chi connectivity index (χ4v) is 1.45. The second kappa shape index (κ2) is 4.89. The van der Waals surface area contributed by atoms with Crippen molar-refractivity contribution < 1.29 is 24.5 Å². The van der Waals surface area contributed by atoms with Crippen molar-refractivity contribution in [2.45, 2.75) is 37.9 Å². The Labute approximate surface area is 88.4 Å².